The van der Waals surface area contributed by atoms with Gasteiger partial charge in [0.05, 0.1) is 6.61 Å². The predicted octanol–water partition coefficient (Wildman–Crippen LogP) is 0.676. The number of nitrogens with zero attached hydrogens (tertiary/aromatic N) is 3. The van der Waals surface area contributed by atoms with Gasteiger partial charge in [0.25, 0.3) is 10.2 Å². The Morgan fingerprint density at radius 2 is 1.92 bits per heavy atom. The Balaban J connectivity index is 1.64. The molecule has 3 fully saturated rings. The second-order valence-electron chi connectivity index (χ2n) is 7.52. The average Bonchev–Trinajstić information content (AvgIpc) is 3.01. The van der Waals surface area contributed by atoms with Crippen LogP contribution in [-0.4, -0.2) is 80.8 Å². The number of rotatable bonds is 4. The molecule has 3 aliphatic rings. The lowest BCUT2D eigenvalue weighted by molar-refractivity contribution is -0.136. The minimum Gasteiger partial charge on any atom is -0.383 e. The van der Waals surface area contributed by atoms with Crippen LogP contribution in [-0.2, 0) is 19.7 Å². The Kier molecular flexibility index (Phi) is 5.20. The number of carbonyl (C=O) groups is 1. The average molecular weight is 359 g/mol. The van der Waals surface area contributed by atoms with Crippen LogP contribution in [0.5, 0.6) is 0 Å². The molecular formula is C16H29N3O4S. The van der Waals surface area contributed by atoms with E-state index in [1.165, 1.54) is 0 Å². The fraction of sp³-hybridized carbons (Fsp3) is 0.938. The molecule has 0 radical (unpaired) electrons. The fourth-order valence-electron chi connectivity index (χ4n) is 4.45. The molecule has 0 aromatic rings. The van der Waals surface area contributed by atoms with Crippen molar-refractivity contribution in [1.29, 1.82) is 0 Å². The van der Waals surface area contributed by atoms with E-state index in [9.17, 15) is 13.2 Å². The van der Waals surface area contributed by atoms with Crippen molar-refractivity contribution in [2.45, 2.75) is 44.6 Å². The van der Waals surface area contributed by atoms with E-state index < -0.39 is 10.2 Å². The van der Waals surface area contributed by atoms with E-state index >= 15 is 0 Å². The van der Waals surface area contributed by atoms with Crippen molar-refractivity contribution in [1.82, 2.24) is 13.5 Å². The maximum Gasteiger partial charge on any atom is 0.282 e. The third-order valence-electron chi connectivity index (χ3n) is 5.96. The van der Waals surface area contributed by atoms with Gasteiger partial charge in [0.1, 0.15) is 0 Å². The standard InChI is InChI=1S/C16H29N3O4S/c1-17-13-16(6-5-15(17)20)7-10-18(11-8-16)24(21,22)19-9-3-4-14(19)12-23-2/h14H,3-13H2,1-2H3/t14-/m1/s1. The number of hydrogen-bond donors (Lipinski definition) is 0. The summed E-state index contributed by atoms with van der Waals surface area (Å²) < 4.78 is 34.4. The van der Waals surface area contributed by atoms with Crippen molar-refractivity contribution in [3.8, 4) is 0 Å². The summed E-state index contributed by atoms with van der Waals surface area (Å²) in [6, 6.07) is -0.0330. The Morgan fingerprint density at radius 1 is 1.21 bits per heavy atom. The number of amides is 1. The molecular weight excluding hydrogens is 330 g/mol. The third-order valence-corrected chi connectivity index (χ3v) is 8.05. The minimum absolute atomic E-state index is 0.0330. The summed E-state index contributed by atoms with van der Waals surface area (Å²) >= 11 is 0. The summed E-state index contributed by atoms with van der Waals surface area (Å²) in [7, 11) is 0.0662. The summed E-state index contributed by atoms with van der Waals surface area (Å²) in [5.41, 5.74) is 0.103. The van der Waals surface area contributed by atoms with Crippen LogP contribution in [0.25, 0.3) is 0 Å². The van der Waals surface area contributed by atoms with Gasteiger partial charge in [-0.15, -0.1) is 0 Å². The van der Waals surface area contributed by atoms with Crippen molar-refractivity contribution >= 4 is 16.1 Å². The zero-order chi connectivity index (χ0) is 17.4. The normalized spacial score (nSPS) is 29.5. The van der Waals surface area contributed by atoms with Gasteiger partial charge in [0, 0.05) is 52.8 Å². The van der Waals surface area contributed by atoms with E-state index in [0.717, 1.165) is 38.6 Å². The highest BCUT2D eigenvalue weighted by Gasteiger charge is 2.44. The van der Waals surface area contributed by atoms with Gasteiger partial charge in [-0.2, -0.15) is 17.0 Å². The zero-order valence-corrected chi connectivity index (χ0v) is 15.6. The first kappa shape index (κ1) is 18.1. The maximum absolute atomic E-state index is 13.0. The van der Waals surface area contributed by atoms with Gasteiger partial charge < -0.3 is 9.64 Å². The highest BCUT2D eigenvalue weighted by Crippen LogP contribution is 2.41. The zero-order valence-electron chi connectivity index (χ0n) is 14.7. The van der Waals surface area contributed by atoms with Crippen LogP contribution >= 0.6 is 0 Å². The fourth-order valence-corrected chi connectivity index (χ4v) is 6.30. The molecule has 0 unspecified atom stereocenters. The van der Waals surface area contributed by atoms with Crippen molar-refractivity contribution in [3.05, 3.63) is 0 Å². The van der Waals surface area contributed by atoms with Gasteiger partial charge in [-0.25, -0.2) is 0 Å². The van der Waals surface area contributed by atoms with Crippen LogP contribution in [0.1, 0.15) is 38.5 Å². The Labute approximate surface area is 145 Å². The van der Waals surface area contributed by atoms with E-state index in [-0.39, 0.29) is 17.4 Å². The summed E-state index contributed by atoms with van der Waals surface area (Å²) in [4.78, 5) is 13.5. The number of hydrogen-bond acceptors (Lipinski definition) is 4. The molecule has 8 heteroatoms. The molecule has 0 aromatic carbocycles. The highest BCUT2D eigenvalue weighted by atomic mass is 32.2. The lowest BCUT2D eigenvalue weighted by Crippen LogP contribution is -2.54. The van der Waals surface area contributed by atoms with Crippen LogP contribution in [0.4, 0.5) is 0 Å². The number of likely N-dealkylation sites (tertiary alicyclic amines) is 1. The van der Waals surface area contributed by atoms with E-state index in [4.69, 9.17) is 4.74 Å². The number of carbonyl (C=O) groups excluding carboxylic acids is 1. The first-order valence-electron chi connectivity index (χ1n) is 8.88. The van der Waals surface area contributed by atoms with Gasteiger partial charge in [0.15, 0.2) is 0 Å². The number of methoxy groups -OCH3 is 1. The number of piperidine rings is 2. The van der Waals surface area contributed by atoms with Gasteiger partial charge >= 0.3 is 0 Å². The van der Waals surface area contributed by atoms with Gasteiger partial charge in [0.2, 0.25) is 5.91 Å². The first-order chi connectivity index (χ1) is 11.4. The van der Waals surface area contributed by atoms with Crippen molar-refractivity contribution in [3.63, 3.8) is 0 Å². The highest BCUT2D eigenvalue weighted by molar-refractivity contribution is 7.86. The molecule has 3 rings (SSSR count). The van der Waals surface area contributed by atoms with Crippen LogP contribution in [0.2, 0.25) is 0 Å². The molecule has 3 heterocycles. The van der Waals surface area contributed by atoms with Crippen LogP contribution in [0.15, 0.2) is 0 Å². The molecule has 3 saturated heterocycles. The quantitative estimate of drug-likeness (QED) is 0.740. The monoisotopic (exact) mass is 359 g/mol. The third kappa shape index (κ3) is 3.34. The molecule has 7 nitrogen and oxygen atoms in total. The molecule has 0 saturated carbocycles. The second-order valence-corrected chi connectivity index (χ2v) is 9.40. The summed E-state index contributed by atoms with van der Waals surface area (Å²) in [5.74, 6) is 0.204. The first-order valence-corrected chi connectivity index (χ1v) is 10.3. The van der Waals surface area contributed by atoms with E-state index in [0.29, 0.717) is 32.7 Å². The Morgan fingerprint density at radius 3 is 2.54 bits per heavy atom. The summed E-state index contributed by atoms with van der Waals surface area (Å²) in [6.07, 6.45) is 4.93. The molecule has 3 aliphatic heterocycles. The summed E-state index contributed by atoms with van der Waals surface area (Å²) in [6.45, 7) is 2.93. The molecule has 0 aliphatic carbocycles. The molecule has 24 heavy (non-hydrogen) atoms. The lowest BCUT2D eigenvalue weighted by Gasteiger charge is -2.46. The van der Waals surface area contributed by atoms with Gasteiger partial charge in [-0.1, -0.05) is 0 Å². The maximum atomic E-state index is 13.0. The smallest absolute Gasteiger partial charge is 0.282 e. The molecule has 0 bridgehead atoms. The molecule has 1 atom stereocenters. The second kappa shape index (κ2) is 6.90. The predicted molar refractivity (Wildman–Crippen MR) is 90.6 cm³/mol. The van der Waals surface area contributed by atoms with Gasteiger partial charge in [-0.05, 0) is 37.5 Å². The van der Waals surface area contributed by atoms with Gasteiger partial charge in [-0.3, -0.25) is 4.79 Å². The van der Waals surface area contributed by atoms with Crippen molar-refractivity contribution < 1.29 is 17.9 Å². The van der Waals surface area contributed by atoms with Crippen LogP contribution < -0.4 is 0 Å². The molecule has 0 aromatic heterocycles. The SMILES string of the molecule is COC[C@H]1CCCN1S(=O)(=O)N1CCC2(CCC(=O)N(C)C2)CC1. The molecule has 1 amide bonds. The summed E-state index contributed by atoms with van der Waals surface area (Å²) in [5, 5.41) is 0. The largest absolute Gasteiger partial charge is 0.383 e. The van der Waals surface area contributed by atoms with Crippen LogP contribution in [0, 0.1) is 5.41 Å². The van der Waals surface area contributed by atoms with E-state index in [1.807, 2.05) is 11.9 Å². The lowest BCUT2D eigenvalue weighted by atomic mass is 9.73. The topological polar surface area (TPSA) is 70.2 Å². The Hall–Kier alpha value is -0.700. The van der Waals surface area contributed by atoms with E-state index in [1.54, 1.807) is 15.7 Å². The Bertz CT molecular complexity index is 572. The molecule has 1 spiro atoms. The van der Waals surface area contributed by atoms with E-state index in [2.05, 4.69) is 0 Å². The molecule has 0 N–H and O–H groups in total. The minimum atomic E-state index is -3.41. The molecule has 138 valence electrons. The van der Waals surface area contributed by atoms with Crippen LogP contribution in [0.3, 0.4) is 0 Å². The van der Waals surface area contributed by atoms with Crippen molar-refractivity contribution in [2.24, 2.45) is 5.41 Å². The van der Waals surface area contributed by atoms with Crippen molar-refractivity contribution in [2.75, 3.05) is 46.9 Å². The number of ether oxygens (including phenoxy) is 1.